The molecular formula is C17H22ClN3O2. The number of methoxy groups -OCH3 is 1. The van der Waals surface area contributed by atoms with Gasteiger partial charge in [-0.25, -0.2) is 0 Å². The summed E-state index contributed by atoms with van der Waals surface area (Å²) in [6, 6.07) is 8.07. The summed E-state index contributed by atoms with van der Waals surface area (Å²) >= 11 is 0. The van der Waals surface area contributed by atoms with E-state index >= 15 is 0 Å². The lowest BCUT2D eigenvalue weighted by Gasteiger charge is -2.18. The average Bonchev–Trinajstić information content (AvgIpc) is 2.98. The Kier molecular flexibility index (Phi) is 4.10. The first-order valence-corrected chi connectivity index (χ1v) is 7.95. The molecule has 23 heavy (non-hydrogen) atoms. The summed E-state index contributed by atoms with van der Waals surface area (Å²) in [6.45, 7) is 0. The molecule has 0 unspecified atom stereocenters. The summed E-state index contributed by atoms with van der Waals surface area (Å²) in [5.41, 5.74) is 6.98. The summed E-state index contributed by atoms with van der Waals surface area (Å²) in [6.07, 6.45) is 6.16. The number of hydrogen-bond acceptors (Lipinski definition) is 5. The first-order valence-electron chi connectivity index (χ1n) is 7.95. The highest BCUT2D eigenvalue weighted by atomic mass is 35.5. The molecule has 0 atom stereocenters. The van der Waals surface area contributed by atoms with Crippen LogP contribution in [0, 0.1) is 0 Å². The van der Waals surface area contributed by atoms with Crippen LogP contribution in [-0.2, 0) is 11.0 Å². The topological polar surface area (TPSA) is 74.2 Å². The van der Waals surface area contributed by atoms with Crippen LogP contribution in [0.5, 0.6) is 5.75 Å². The first kappa shape index (κ1) is 16.3. The van der Waals surface area contributed by atoms with Crippen molar-refractivity contribution in [1.82, 2.24) is 10.1 Å². The molecule has 2 saturated carbocycles. The van der Waals surface area contributed by atoms with Crippen LogP contribution in [0.3, 0.4) is 0 Å². The molecule has 0 aliphatic heterocycles. The summed E-state index contributed by atoms with van der Waals surface area (Å²) in [5, 5.41) is 4.21. The van der Waals surface area contributed by atoms with Crippen molar-refractivity contribution in [3.05, 3.63) is 41.5 Å². The number of nitrogens with two attached hydrogens (primary N) is 1. The van der Waals surface area contributed by atoms with E-state index in [9.17, 15) is 0 Å². The van der Waals surface area contributed by atoms with E-state index < -0.39 is 5.54 Å². The Bertz CT molecular complexity index is 691. The SMILES string of the molecule is COc1ccccc1C1(c2nc(C3(N)CCCC3)no2)CC1.Cl. The Labute approximate surface area is 142 Å². The minimum absolute atomic E-state index is 0. The lowest BCUT2D eigenvalue weighted by atomic mass is 9.94. The van der Waals surface area contributed by atoms with E-state index in [-0.39, 0.29) is 17.8 Å². The summed E-state index contributed by atoms with van der Waals surface area (Å²) in [5.74, 6) is 2.23. The van der Waals surface area contributed by atoms with Gasteiger partial charge in [0.2, 0.25) is 5.89 Å². The fourth-order valence-corrected chi connectivity index (χ4v) is 3.61. The number of hydrogen-bond donors (Lipinski definition) is 1. The molecule has 2 aliphatic rings. The third kappa shape index (κ3) is 2.52. The van der Waals surface area contributed by atoms with Gasteiger partial charge in [-0.3, -0.25) is 0 Å². The smallest absolute Gasteiger partial charge is 0.237 e. The van der Waals surface area contributed by atoms with Gasteiger partial charge in [-0.15, -0.1) is 12.4 Å². The van der Waals surface area contributed by atoms with Crippen LogP contribution >= 0.6 is 12.4 Å². The van der Waals surface area contributed by atoms with Crippen LogP contribution in [0.2, 0.25) is 0 Å². The van der Waals surface area contributed by atoms with Crippen molar-refractivity contribution in [3.63, 3.8) is 0 Å². The maximum absolute atomic E-state index is 6.44. The summed E-state index contributed by atoms with van der Waals surface area (Å²) in [4.78, 5) is 4.69. The molecule has 0 saturated heterocycles. The Morgan fingerprint density at radius 3 is 2.48 bits per heavy atom. The number of ether oxygens (including phenoxy) is 1. The molecule has 0 bridgehead atoms. The zero-order valence-corrected chi connectivity index (χ0v) is 14.1. The van der Waals surface area contributed by atoms with Crippen molar-refractivity contribution in [2.75, 3.05) is 7.11 Å². The van der Waals surface area contributed by atoms with Gasteiger partial charge < -0.3 is 15.0 Å². The molecular weight excluding hydrogens is 314 g/mol. The van der Waals surface area contributed by atoms with Crippen molar-refractivity contribution in [2.45, 2.75) is 49.5 Å². The number of benzene rings is 1. The van der Waals surface area contributed by atoms with Crippen LogP contribution in [0.4, 0.5) is 0 Å². The highest BCUT2D eigenvalue weighted by molar-refractivity contribution is 5.85. The maximum atomic E-state index is 6.44. The van der Waals surface area contributed by atoms with E-state index in [4.69, 9.17) is 20.0 Å². The molecule has 2 aromatic rings. The second-order valence-electron chi connectivity index (χ2n) is 6.57. The average molecular weight is 336 g/mol. The Morgan fingerprint density at radius 2 is 1.83 bits per heavy atom. The van der Waals surface area contributed by atoms with E-state index in [1.54, 1.807) is 7.11 Å². The lowest BCUT2D eigenvalue weighted by Crippen LogP contribution is -2.34. The first-order chi connectivity index (χ1) is 10.7. The van der Waals surface area contributed by atoms with Crippen molar-refractivity contribution in [1.29, 1.82) is 0 Å². The van der Waals surface area contributed by atoms with Crippen LogP contribution in [0.15, 0.2) is 28.8 Å². The predicted octanol–water partition coefficient (Wildman–Crippen LogP) is 3.31. The number of aromatic nitrogens is 2. The molecule has 0 amide bonds. The second-order valence-corrected chi connectivity index (χ2v) is 6.57. The largest absolute Gasteiger partial charge is 0.496 e. The lowest BCUT2D eigenvalue weighted by molar-refractivity contribution is 0.334. The van der Waals surface area contributed by atoms with Crippen LogP contribution in [-0.4, -0.2) is 17.3 Å². The number of rotatable bonds is 4. The number of halogens is 1. The third-order valence-electron chi connectivity index (χ3n) is 5.15. The fraction of sp³-hybridized carbons (Fsp3) is 0.529. The molecule has 2 fully saturated rings. The summed E-state index contributed by atoms with van der Waals surface area (Å²) < 4.78 is 11.1. The Morgan fingerprint density at radius 1 is 1.13 bits per heavy atom. The van der Waals surface area contributed by atoms with E-state index in [0.29, 0.717) is 11.7 Å². The van der Waals surface area contributed by atoms with Crippen molar-refractivity contribution >= 4 is 12.4 Å². The molecule has 4 rings (SSSR count). The Hall–Kier alpha value is -1.59. The van der Waals surface area contributed by atoms with Crippen LogP contribution < -0.4 is 10.5 Å². The third-order valence-corrected chi connectivity index (χ3v) is 5.15. The van der Waals surface area contributed by atoms with Gasteiger partial charge in [0, 0.05) is 5.56 Å². The minimum atomic E-state index is -0.404. The zero-order chi connectivity index (χ0) is 15.2. The maximum Gasteiger partial charge on any atom is 0.237 e. The van der Waals surface area contributed by atoms with E-state index in [0.717, 1.165) is 49.8 Å². The number of nitrogens with zero attached hydrogens (tertiary/aromatic N) is 2. The standard InChI is InChI=1S/C17H21N3O2.ClH/c1-21-13-7-3-2-6-12(13)16(10-11-16)15-19-14(20-22-15)17(18)8-4-5-9-17;/h2-3,6-7H,4-5,8-11,18H2,1H3;1H. The van der Waals surface area contributed by atoms with E-state index in [1.807, 2.05) is 18.2 Å². The summed E-state index contributed by atoms with van der Waals surface area (Å²) in [7, 11) is 1.70. The van der Waals surface area contributed by atoms with E-state index in [2.05, 4.69) is 11.2 Å². The van der Waals surface area contributed by atoms with Gasteiger partial charge in [-0.1, -0.05) is 36.2 Å². The molecule has 6 heteroatoms. The molecule has 1 aromatic heterocycles. The predicted molar refractivity (Wildman–Crippen MR) is 88.9 cm³/mol. The van der Waals surface area contributed by atoms with Crippen LogP contribution in [0.25, 0.3) is 0 Å². The van der Waals surface area contributed by atoms with Crippen molar-refractivity contribution < 1.29 is 9.26 Å². The molecule has 2 aliphatic carbocycles. The second kappa shape index (κ2) is 5.80. The van der Waals surface area contributed by atoms with Gasteiger partial charge in [-0.2, -0.15) is 4.98 Å². The molecule has 124 valence electrons. The Balaban J connectivity index is 0.00000156. The van der Waals surface area contributed by atoms with Crippen molar-refractivity contribution in [2.24, 2.45) is 5.73 Å². The monoisotopic (exact) mass is 335 g/mol. The number of para-hydroxylation sites is 1. The molecule has 5 nitrogen and oxygen atoms in total. The highest BCUT2D eigenvalue weighted by Crippen LogP contribution is 2.55. The molecule has 0 radical (unpaired) electrons. The van der Waals surface area contributed by atoms with Crippen molar-refractivity contribution in [3.8, 4) is 5.75 Å². The molecule has 1 aromatic carbocycles. The minimum Gasteiger partial charge on any atom is -0.496 e. The fourth-order valence-electron chi connectivity index (χ4n) is 3.61. The molecule has 1 heterocycles. The molecule has 2 N–H and O–H groups in total. The van der Waals surface area contributed by atoms with Gasteiger partial charge >= 0.3 is 0 Å². The van der Waals surface area contributed by atoms with E-state index in [1.165, 1.54) is 0 Å². The van der Waals surface area contributed by atoms with Gasteiger partial charge in [0.15, 0.2) is 5.82 Å². The van der Waals surface area contributed by atoms with Gasteiger partial charge in [0.1, 0.15) is 5.75 Å². The zero-order valence-electron chi connectivity index (χ0n) is 13.2. The van der Waals surface area contributed by atoms with Gasteiger partial charge in [0.05, 0.1) is 18.1 Å². The van der Waals surface area contributed by atoms with Gasteiger partial charge in [-0.05, 0) is 31.7 Å². The quantitative estimate of drug-likeness (QED) is 0.927. The normalized spacial score (nSPS) is 20.8. The van der Waals surface area contributed by atoms with Gasteiger partial charge in [0.25, 0.3) is 0 Å². The molecule has 0 spiro atoms. The highest BCUT2D eigenvalue weighted by Gasteiger charge is 2.53. The van der Waals surface area contributed by atoms with Crippen LogP contribution in [0.1, 0.15) is 55.8 Å².